The molecule has 1 aromatic carbocycles. The Hall–Kier alpha value is -1.98. The van der Waals surface area contributed by atoms with Gasteiger partial charge in [-0.25, -0.2) is 4.39 Å². The molecule has 4 nitrogen and oxygen atoms in total. The molecule has 0 amide bonds. The zero-order valence-corrected chi connectivity index (χ0v) is 11.6. The Balaban J connectivity index is 1.84. The van der Waals surface area contributed by atoms with Crippen LogP contribution in [0.1, 0.15) is 35.9 Å². The van der Waals surface area contributed by atoms with Crippen molar-refractivity contribution in [1.82, 2.24) is 10.4 Å². The number of rotatable bonds is 4. The Bertz CT molecular complexity index is 620. The maximum Gasteiger partial charge on any atom is 0.146 e. The number of benzene rings is 1. The van der Waals surface area contributed by atoms with Crippen molar-refractivity contribution < 1.29 is 9.13 Å². The van der Waals surface area contributed by atoms with Crippen molar-refractivity contribution in [3.8, 4) is 5.75 Å². The van der Waals surface area contributed by atoms with Crippen LogP contribution in [0.4, 0.5) is 4.39 Å². The summed E-state index contributed by atoms with van der Waals surface area (Å²) < 4.78 is 19.6. The van der Waals surface area contributed by atoms with Crippen molar-refractivity contribution in [3.05, 3.63) is 59.7 Å². The second kappa shape index (κ2) is 6.20. The van der Waals surface area contributed by atoms with E-state index >= 15 is 0 Å². The Labute approximate surface area is 123 Å². The SMILES string of the molecule is NNC(CC1CCOc2ccccc21)c1ccncc1F. The molecule has 0 spiro atoms. The molecule has 5 heteroatoms. The number of fused-ring (bicyclic) bond motifs is 1. The molecule has 1 aliphatic rings. The number of hydrogen-bond acceptors (Lipinski definition) is 4. The molecule has 2 atom stereocenters. The first kappa shape index (κ1) is 14.0. The summed E-state index contributed by atoms with van der Waals surface area (Å²) in [6.07, 6.45) is 4.43. The standard InChI is InChI=1S/C16H18FN3O/c17-14-10-19-7-5-13(14)15(20-18)9-11-6-8-21-16-4-2-1-3-12(11)16/h1-5,7,10-11,15,20H,6,8-9,18H2. The van der Waals surface area contributed by atoms with Gasteiger partial charge >= 0.3 is 0 Å². The highest BCUT2D eigenvalue weighted by atomic mass is 19.1. The molecule has 21 heavy (non-hydrogen) atoms. The highest BCUT2D eigenvalue weighted by molar-refractivity contribution is 5.38. The van der Waals surface area contributed by atoms with Crippen LogP contribution in [-0.2, 0) is 0 Å². The van der Waals surface area contributed by atoms with Crippen LogP contribution in [-0.4, -0.2) is 11.6 Å². The Morgan fingerprint density at radius 2 is 2.24 bits per heavy atom. The molecule has 0 aliphatic carbocycles. The van der Waals surface area contributed by atoms with Crippen molar-refractivity contribution >= 4 is 0 Å². The molecule has 0 fully saturated rings. The van der Waals surface area contributed by atoms with Gasteiger partial charge in [0.05, 0.1) is 12.8 Å². The van der Waals surface area contributed by atoms with Crippen LogP contribution in [0.15, 0.2) is 42.7 Å². The first-order valence-corrected chi connectivity index (χ1v) is 7.07. The van der Waals surface area contributed by atoms with E-state index in [4.69, 9.17) is 10.6 Å². The summed E-state index contributed by atoms with van der Waals surface area (Å²) in [7, 11) is 0. The number of aromatic nitrogens is 1. The average Bonchev–Trinajstić information content (AvgIpc) is 2.53. The summed E-state index contributed by atoms with van der Waals surface area (Å²) in [6, 6.07) is 9.42. The number of nitrogens with one attached hydrogen (secondary N) is 1. The predicted octanol–water partition coefficient (Wildman–Crippen LogP) is 2.68. The molecule has 0 saturated heterocycles. The molecular weight excluding hydrogens is 269 g/mol. The van der Waals surface area contributed by atoms with Crippen LogP contribution in [0, 0.1) is 5.82 Å². The fourth-order valence-corrected chi connectivity index (χ4v) is 2.90. The molecule has 0 bridgehead atoms. The number of nitrogens with two attached hydrogens (primary N) is 1. The lowest BCUT2D eigenvalue weighted by atomic mass is 9.86. The first-order valence-electron chi connectivity index (χ1n) is 7.07. The van der Waals surface area contributed by atoms with Crippen molar-refractivity contribution in [2.75, 3.05) is 6.61 Å². The zero-order valence-electron chi connectivity index (χ0n) is 11.6. The Morgan fingerprint density at radius 1 is 1.38 bits per heavy atom. The molecule has 1 aliphatic heterocycles. The van der Waals surface area contributed by atoms with E-state index in [9.17, 15) is 4.39 Å². The Kier molecular flexibility index (Phi) is 4.13. The third kappa shape index (κ3) is 2.89. The van der Waals surface area contributed by atoms with E-state index in [1.54, 1.807) is 12.3 Å². The molecule has 0 radical (unpaired) electrons. The largest absolute Gasteiger partial charge is 0.493 e. The van der Waals surface area contributed by atoms with Crippen LogP contribution >= 0.6 is 0 Å². The highest BCUT2D eigenvalue weighted by Crippen LogP contribution is 2.38. The quantitative estimate of drug-likeness (QED) is 0.670. The summed E-state index contributed by atoms with van der Waals surface area (Å²) in [5.74, 6) is 6.52. The number of halogens is 1. The second-order valence-electron chi connectivity index (χ2n) is 5.22. The lowest BCUT2D eigenvalue weighted by Crippen LogP contribution is -2.31. The van der Waals surface area contributed by atoms with E-state index in [2.05, 4.69) is 16.5 Å². The third-order valence-corrected chi connectivity index (χ3v) is 3.98. The molecule has 2 heterocycles. The van der Waals surface area contributed by atoms with E-state index < -0.39 is 0 Å². The minimum absolute atomic E-state index is 0.246. The van der Waals surface area contributed by atoms with Crippen molar-refractivity contribution in [2.24, 2.45) is 5.84 Å². The molecular formula is C16H18FN3O. The van der Waals surface area contributed by atoms with Gasteiger partial charge in [-0.15, -0.1) is 0 Å². The fourth-order valence-electron chi connectivity index (χ4n) is 2.90. The van der Waals surface area contributed by atoms with E-state index in [1.807, 2.05) is 18.2 Å². The minimum Gasteiger partial charge on any atom is -0.493 e. The van der Waals surface area contributed by atoms with Gasteiger partial charge in [-0.2, -0.15) is 0 Å². The van der Waals surface area contributed by atoms with Crippen LogP contribution < -0.4 is 16.0 Å². The summed E-state index contributed by atoms with van der Waals surface area (Å²) in [4.78, 5) is 3.78. The van der Waals surface area contributed by atoms with Crippen LogP contribution in [0.3, 0.4) is 0 Å². The van der Waals surface area contributed by atoms with Crippen molar-refractivity contribution in [1.29, 1.82) is 0 Å². The zero-order chi connectivity index (χ0) is 14.7. The second-order valence-corrected chi connectivity index (χ2v) is 5.22. The maximum absolute atomic E-state index is 13.9. The smallest absolute Gasteiger partial charge is 0.146 e. The number of para-hydroxylation sites is 1. The van der Waals surface area contributed by atoms with Gasteiger partial charge < -0.3 is 4.74 Å². The fraction of sp³-hybridized carbons (Fsp3) is 0.312. The van der Waals surface area contributed by atoms with Gasteiger partial charge in [0.2, 0.25) is 0 Å². The average molecular weight is 287 g/mol. The van der Waals surface area contributed by atoms with E-state index in [-0.39, 0.29) is 11.9 Å². The summed E-state index contributed by atoms with van der Waals surface area (Å²) in [5.41, 5.74) is 4.45. The van der Waals surface area contributed by atoms with E-state index in [0.717, 1.165) is 18.6 Å². The first-order chi connectivity index (χ1) is 10.3. The van der Waals surface area contributed by atoms with Crippen molar-refractivity contribution in [3.63, 3.8) is 0 Å². The van der Waals surface area contributed by atoms with Crippen LogP contribution in [0.2, 0.25) is 0 Å². The van der Waals surface area contributed by atoms with Crippen LogP contribution in [0.5, 0.6) is 5.75 Å². The lowest BCUT2D eigenvalue weighted by molar-refractivity contribution is 0.254. The molecule has 0 saturated carbocycles. The number of hydrazine groups is 1. The van der Waals surface area contributed by atoms with Gasteiger partial charge in [-0.1, -0.05) is 18.2 Å². The molecule has 3 rings (SSSR count). The normalized spacial score (nSPS) is 18.7. The number of hydrogen-bond donors (Lipinski definition) is 2. The van der Waals surface area contributed by atoms with Gasteiger partial charge in [0.1, 0.15) is 11.6 Å². The maximum atomic E-state index is 13.9. The van der Waals surface area contributed by atoms with Gasteiger partial charge in [0, 0.05) is 17.8 Å². The molecule has 1 aromatic heterocycles. The summed E-state index contributed by atoms with van der Waals surface area (Å²) in [5, 5.41) is 0. The summed E-state index contributed by atoms with van der Waals surface area (Å²) in [6.45, 7) is 0.678. The molecule has 3 N–H and O–H groups in total. The number of pyridine rings is 1. The van der Waals surface area contributed by atoms with E-state index in [0.29, 0.717) is 18.1 Å². The predicted molar refractivity (Wildman–Crippen MR) is 78.2 cm³/mol. The van der Waals surface area contributed by atoms with Crippen LogP contribution in [0.25, 0.3) is 0 Å². The monoisotopic (exact) mass is 287 g/mol. The molecule has 110 valence electrons. The number of nitrogens with zero attached hydrogens (tertiary/aromatic N) is 1. The van der Waals surface area contributed by atoms with Gasteiger partial charge in [0.25, 0.3) is 0 Å². The van der Waals surface area contributed by atoms with E-state index in [1.165, 1.54) is 11.8 Å². The molecule has 2 aromatic rings. The van der Waals surface area contributed by atoms with Gasteiger partial charge in [-0.05, 0) is 36.5 Å². The van der Waals surface area contributed by atoms with Gasteiger partial charge in [0.15, 0.2) is 0 Å². The number of ether oxygens (including phenoxy) is 1. The van der Waals surface area contributed by atoms with Gasteiger partial charge in [-0.3, -0.25) is 16.3 Å². The Morgan fingerprint density at radius 3 is 3.05 bits per heavy atom. The lowest BCUT2D eigenvalue weighted by Gasteiger charge is -2.29. The van der Waals surface area contributed by atoms with Crippen molar-refractivity contribution in [2.45, 2.75) is 24.8 Å². The minimum atomic E-state index is -0.333. The highest BCUT2D eigenvalue weighted by Gasteiger charge is 2.25. The summed E-state index contributed by atoms with van der Waals surface area (Å²) >= 11 is 0. The topological polar surface area (TPSA) is 60.2 Å². The molecule has 2 unspecified atom stereocenters. The third-order valence-electron chi connectivity index (χ3n) is 3.98.